The van der Waals surface area contributed by atoms with Crippen LogP contribution in [0.5, 0.6) is 0 Å². The molecule has 0 aromatic carbocycles. The summed E-state index contributed by atoms with van der Waals surface area (Å²) in [6.07, 6.45) is 1.83. The number of ether oxygens (including phenoxy) is 3. The number of carbonyl (C=O) groups is 3. The number of hydrogen-bond donors (Lipinski definition) is 1. The second-order valence-electron chi connectivity index (χ2n) is 8.20. The summed E-state index contributed by atoms with van der Waals surface area (Å²) in [6.45, 7) is 6.81. The number of allylic oxidation sites excluding steroid dienone is 1. The van der Waals surface area contributed by atoms with Crippen molar-refractivity contribution in [1.29, 1.82) is 0 Å². The normalized spacial score (nSPS) is 43.1. The number of hydrogen-bond acceptors (Lipinski definition) is 7. The van der Waals surface area contributed by atoms with E-state index in [1.54, 1.807) is 26.8 Å². The van der Waals surface area contributed by atoms with Crippen molar-refractivity contribution in [2.75, 3.05) is 0 Å². The van der Waals surface area contributed by atoms with Crippen molar-refractivity contribution < 1.29 is 33.7 Å². The highest BCUT2D eigenvalue weighted by Crippen LogP contribution is 2.64. The van der Waals surface area contributed by atoms with E-state index in [0.717, 1.165) is 6.42 Å². The van der Waals surface area contributed by atoms with Gasteiger partial charge in [0.2, 0.25) is 0 Å². The molecule has 4 rings (SSSR count). The van der Waals surface area contributed by atoms with Gasteiger partial charge in [-0.25, -0.2) is 9.59 Å². The zero-order chi connectivity index (χ0) is 19.7. The molecule has 0 radical (unpaired) electrons. The Bertz CT molecular complexity index is 809. The van der Waals surface area contributed by atoms with E-state index in [4.69, 9.17) is 14.2 Å². The fourth-order valence-electron chi connectivity index (χ4n) is 5.35. The van der Waals surface area contributed by atoms with Crippen LogP contribution in [0.25, 0.3) is 0 Å². The van der Waals surface area contributed by atoms with E-state index in [1.807, 2.05) is 6.92 Å². The van der Waals surface area contributed by atoms with Gasteiger partial charge in [-0.15, -0.1) is 0 Å². The highest BCUT2D eigenvalue weighted by molar-refractivity contribution is 5.94. The molecule has 0 unspecified atom stereocenters. The van der Waals surface area contributed by atoms with E-state index in [9.17, 15) is 19.5 Å². The Hall–Kier alpha value is -2.15. The third-order valence-corrected chi connectivity index (χ3v) is 6.99. The summed E-state index contributed by atoms with van der Waals surface area (Å²) < 4.78 is 16.7. The Balaban J connectivity index is 1.87. The van der Waals surface area contributed by atoms with Crippen molar-refractivity contribution in [3.8, 4) is 0 Å². The first-order valence-electron chi connectivity index (χ1n) is 9.37. The van der Waals surface area contributed by atoms with Gasteiger partial charge in [0.05, 0.1) is 11.5 Å². The van der Waals surface area contributed by atoms with Crippen LogP contribution in [0.4, 0.5) is 0 Å². The highest BCUT2D eigenvalue weighted by atomic mass is 16.7. The van der Waals surface area contributed by atoms with Crippen LogP contribution in [0.3, 0.4) is 0 Å². The van der Waals surface area contributed by atoms with Crippen LogP contribution in [0.1, 0.15) is 47.0 Å². The van der Waals surface area contributed by atoms with Crippen molar-refractivity contribution in [1.82, 2.24) is 0 Å². The fourth-order valence-corrected chi connectivity index (χ4v) is 5.35. The van der Waals surface area contributed by atoms with E-state index in [0.29, 0.717) is 18.4 Å². The molecule has 2 saturated carbocycles. The largest absolute Gasteiger partial charge is 0.457 e. The van der Waals surface area contributed by atoms with Gasteiger partial charge in [0.15, 0.2) is 6.10 Å². The number of aliphatic hydroxyl groups is 1. The lowest BCUT2D eigenvalue weighted by molar-refractivity contribution is -0.268. The van der Waals surface area contributed by atoms with Crippen molar-refractivity contribution >= 4 is 17.9 Å². The van der Waals surface area contributed by atoms with Gasteiger partial charge in [0, 0.05) is 22.5 Å². The fraction of sp³-hybridized carbons (Fsp3) is 0.650. The first-order valence-corrected chi connectivity index (χ1v) is 9.37. The van der Waals surface area contributed by atoms with Crippen LogP contribution >= 0.6 is 0 Å². The molecule has 2 aliphatic heterocycles. The monoisotopic (exact) mass is 376 g/mol. The molecular weight excluding hydrogens is 352 g/mol. The maximum Gasteiger partial charge on any atom is 0.336 e. The molecule has 2 aliphatic carbocycles. The topological polar surface area (TPSA) is 99.1 Å². The standard InChI is InChI=1S/C20H24O7/c1-5-9(2)16(21)25-14-11-7-6-8-12-18(23)26-15(19(11,12)4)13-10(3)17(22)27-20(13,14)24/h5,11-12,14-15,24H,6-8H2,1-4H3/b9-5-/t11-,12-,14+,15+,19+,20-/m1/s1. The minimum absolute atomic E-state index is 0.213. The average Bonchev–Trinajstić information content (AvgIpc) is 3.01. The second kappa shape index (κ2) is 5.67. The zero-order valence-corrected chi connectivity index (χ0v) is 15.9. The summed E-state index contributed by atoms with van der Waals surface area (Å²) >= 11 is 0. The van der Waals surface area contributed by atoms with Crippen LogP contribution in [0, 0.1) is 17.3 Å². The molecule has 0 aromatic heterocycles. The lowest BCUT2D eigenvalue weighted by Gasteiger charge is -2.54. The molecule has 0 aromatic rings. The molecule has 1 saturated heterocycles. The second-order valence-corrected chi connectivity index (χ2v) is 8.20. The van der Waals surface area contributed by atoms with Crippen LogP contribution in [0.2, 0.25) is 0 Å². The lowest BCUT2D eigenvalue weighted by Crippen LogP contribution is -2.65. The highest BCUT2D eigenvalue weighted by Gasteiger charge is 2.74. The van der Waals surface area contributed by atoms with Crippen LogP contribution in [0.15, 0.2) is 22.8 Å². The van der Waals surface area contributed by atoms with E-state index in [-0.39, 0.29) is 29.0 Å². The summed E-state index contributed by atoms with van der Waals surface area (Å²) in [7, 11) is 0. The van der Waals surface area contributed by atoms with Gasteiger partial charge in [-0.2, -0.15) is 0 Å². The Morgan fingerprint density at radius 2 is 2.04 bits per heavy atom. The third kappa shape index (κ3) is 2.15. The maximum absolute atomic E-state index is 12.6. The molecule has 6 atom stereocenters. The molecule has 4 aliphatic rings. The Labute approximate surface area is 157 Å². The minimum atomic E-state index is -2.10. The molecule has 0 amide bonds. The summed E-state index contributed by atoms with van der Waals surface area (Å²) in [5, 5.41) is 11.4. The molecule has 1 N–H and O–H groups in total. The van der Waals surface area contributed by atoms with Crippen LogP contribution in [-0.2, 0) is 28.6 Å². The Morgan fingerprint density at radius 3 is 2.70 bits per heavy atom. The van der Waals surface area contributed by atoms with Gasteiger partial charge in [-0.3, -0.25) is 4.79 Å². The van der Waals surface area contributed by atoms with E-state index >= 15 is 0 Å². The number of carbonyl (C=O) groups excluding carboxylic acids is 3. The van der Waals surface area contributed by atoms with Gasteiger partial charge in [-0.05, 0) is 33.6 Å². The van der Waals surface area contributed by atoms with Crippen molar-refractivity contribution in [3.63, 3.8) is 0 Å². The molecule has 2 heterocycles. The van der Waals surface area contributed by atoms with Gasteiger partial charge in [0.25, 0.3) is 5.79 Å². The van der Waals surface area contributed by atoms with Crippen molar-refractivity contribution in [2.24, 2.45) is 17.3 Å². The predicted octanol–water partition coefficient (Wildman–Crippen LogP) is 1.79. The lowest BCUT2D eigenvalue weighted by atomic mass is 9.52. The quantitative estimate of drug-likeness (QED) is 0.446. The molecule has 146 valence electrons. The summed E-state index contributed by atoms with van der Waals surface area (Å²) in [5.74, 6) is -4.42. The minimum Gasteiger partial charge on any atom is -0.457 e. The number of esters is 3. The first kappa shape index (κ1) is 18.2. The third-order valence-electron chi connectivity index (χ3n) is 6.99. The smallest absolute Gasteiger partial charge is 0.336 e. The molecule has 0 bridgehead atoms. The molecule has 7 heteroatoms. The average molecular weight is 376 g/mol. The molecule has 0 spiro atoms. The Kier molecular flexibility index (Phi) is 3.83. The molecule has 27 heavy (non-hydrogen) atoms. The molecular formula is C20H24O7. The number of rotatable bonds is 2. The van der Waals surface area contributed by atoms with Crippen molar-refractivity contribution in [3.05, 3.63) is 22.8 Å². The van der Waals surface area contributed by atoms with Crippen LogP contribution < -0.4 is 0 Å². The summed E-state index contributed by atoms with van der Waals surface area (Å²) in [5.41, 5.74) is 0.162. The van der Waals surface area contributed by atoms with Gasteiger partial charge >= 0.3 is 17.9 Å². The summed E-state index contributed by atoms with van der Waals surface area (Å²) in [4.78, 5) is 37.4. The maximum atomic E-state index is 12.6. The molecule has 3 fully saturated rings. The van der Waals surface area contributed by atoms with Crippen molar-refractivity contribution in [2.45, 2.75) is 65.0 Å². The first-order chi connectivity index (χ1) is 12.7. The van der Waals surface area contributed by atoms with E-state index < -0.39 is 35.3 Å². The summed E-state index contributed by atoms with van der Waals surface area (Å²) in [6, 6.07) is 0. The SMILES string of the molecule is C/C=C(/C)C(=O)O[C@H]1[C@H]2CCC[C@@H]3C(=O)O[C@@H](C4=C(C)C(=O)O[C@]41O)[C@]32C. The predicted molar refractivity (Wildman–Crippen MR) is 91.9 cm³/mol. The van der Waals surface area contributed by atoms with E-state index in [2.05, 4.69) is 0 Å². The van der Waals surface area contributed by atoms with Gasteiger partial charge < -0.3 is 19.3 Å². The van der Waals surface area contributed by atoms with Crippen LogP contribution in [-0.4, -0.2) is 41.0 Å². The Morgan fingerprint density at radius 1 is 1.33 bits per heavy atom. The van der Waals surface area contributed by atoms with E-state index in [1.165, 1.54) is 0 Å². The number of fused-ring (bicyclic) bond motifs is 2. The van der Waals surface area contributed by atoms with Gasteiger partial charge in [0.1, 0.15) is 6.10 Å². The zero-order valence-electron chi connectivity index (χ0n) is 15.9. The van der Waals surface area contributed by atoms with Gasteiger partial charge in [-0.1, -0.05) is 19.4 Å². The molecule has 7 nitrogen and oxygen atoms in total.